The summed E-state index contributed by atoms with van der Waals surface area (Å²) in [4.78, 5) is 16.4. The highest BCUT2D eigenvalue weighted by Gasteiger charge is 2.34. The summed E-state index contributed by atoms with van der Waals surface area (Å²) in [6.07, 6.45) is -2.46. The molecule has 8 heteroatoms. The smallest absolute Gasteiger partial charge is 0.418 e. The number of aryl methyl sites for hydroxylation is 2. The molecular formula is C32H27F3N2O2S. The lowest BCUT2D eigenvalue weighted by Crippen LogP contribution is -2.08. The SMILES string of the molecule is Cc1cc(NCc2ccsc2-c2c(Cc3ccccc3)cnc3c(C(F)(F)F)cccc23)c(C)cc1CC(=O)O. The van der Waals surface area contributed by atoms with Crippen LogP contribution in [0.15, 0.2) is 78.3 Å². The van der Waals surface area contributed by atoms with Crippen LogP contribution in [0.5, 0.6) is 0 Å². The number of anilines is 1. The molecule has 0 saturated heterocycles. The molecule has 0 saturated carbocycles. The van der Waals surface area contributed by atoms with Gasteiger partial charge in [-0.1, -0.05) is 48.5 Å². The van der Waals surface area contributed by atoms with Crippen LogP contribution < -0.4 is 5.32 Å². The fraction of sp³-hybridized carbons (Fsp3) is 0.188. The maximum atomic E-state index is 13.9. The molecular weight excluding hydrogens is 533 g/mol. The molecule has 0 fully saturated rings. The highest BCUT2D eigenvalue weighted by atomic mass is 32.1. The predicted molar refractivity (Wildman–Crippen MR) is 154 cm³/mol. The number of hydrogen-bond acceptors (Lipinski definition) is 4. The summed E-state index contributed by atoms with van der Waals surface area (Å²) in [5.74, 6) is -0.879. The number of benzene rings is 3. The van der Waals surface area contributed by atoms with Gasteiger partial charge in [0.1, 0.15) is 0 Å². The summed E-state index contributed by atoms with van der Waals surface area (Å²) in [6.45, 7) is 4.26. The van der Waals surface area contributed by atoms with Gasteiger partial charge < -0.3 is 10.4 Å². The van der Waals surface area contributed by atoms with Crippen LogP contribution in [-0.2, 0) is 30.4 Å². The summed E-state index contributed by atoms with van der Waals surface area (Å²) in [5, 5.41) is 15.1. The minimum atomic E-state index is -4.52. The van der Waals surface area contributed by atoms with Gasteiger partial charge in [-0.3, -0.25) is 9.78 Å². The van der Waals surface area contributed by atoms with Crippen LogP contribution in [0.1, 0.15) is 38.9 Å². The Labute approximate surface area is 234 Å². The Hall–Kier alpha value is -4.17. The third-order valence-corrected chi connectivity index (χ3v) is 7.96. The lowest BCUT2D eigenvalue weighted by molar-refractivity contribution is -0.137. The van der Waals surface area contributed by atoms with Crippen molar-refractivity contribution in [3.05, 3.63) is 117 Å². The first-order chi connectivity index (χ1) is 19.1. The first kappa shape index (κ1) is 27.4. The normalized spacial score (nSPS) is 11.6. The molecule has 4 nitrogen and oxygen atoms in total. The molecule has 0 aliphatic heterocycles. The first-order valence-corrected chi connectivity index (χ1v) is 13.6. The fourth-order valence-corrected chi connectivity index (χ4v) is 6.03. The number of halogens is 3. The molecule has 0 aliphatic carbocycles. The Kier molecular flexibility index (Phi) is 7.63. The number of para-hydroxylation sites is 1. The third kappa shape index (κ3) is 5.72. The molecule has 0 amide bonds. The van der Waals surface area contributed by atoms with Crippen molar-refractivity contribution in [2.24, 2.45) is 0 Å². The Balaban J connectivity index is 1.57. The lowest BCUT2D eigenvalue weighted by atomic mass is 9.94. The van der Waals surface area contributed by atoms with Gasteiger partial charge >= 0.3 is 12.1 Å². The van der Waals surface area contributed by atoms with Gasteiger partial charge in [0.05, 0.1) is 17.5 Å². The van der Waals surface area contributed by atoms with Crippen molar-refractivity contribution in [2.45, 2.75) is 39.4 Å². The van der Waals surface area contributed by atoms with Gasteiger partial charge in [0, 0.05) is 34.3 Å². The molecule has 5 aromatic rings. The first-order valence-electron chi connectivity index (χ1n) is 12.8. The molecule has 2 aromatic heterocycles. The van der Waals surface area contributed by atoms with E-state index in [1.807, 2.05) is 67.8 Å². The highest BCUT2D eigenvalue weighted by molar-refractivity contribution is 7.13. The van der Waals surface area contributed by atoms with Gasteiger partial charge in [-0.05, 0) is 77.2 Å². The van der Waals surface area contributed by atoms with E-state index in [1.54, 1.807) is 12.3 Å². The van der Waals surface area contributed by atoms with Gasteiger partial charge in [-0.2, -0.15) is 13.2 Å². The number of thiophene rings is 1. The van der Waals surface area contributed by atoms with Crippen molar-refractivity contribution in [1.82, 2.24) is 4.98 Å². The quantitative estimate of drug-likeness (QED) is 0.200. The summed E-state index contributed by atoms with van der Waals surface area (Å²) < 4.78 is 41.7. The van der Waals surface area contributed by atoms with Gasteiger partial charge in [0.25, 0.3) is 0 Å². The molecule has 0 unspecified atom stereocenters. The number of nitrogens with zero attached hydrogens (tertiary/aromatic N) is 1. The third-order valence-electron chi connectivity index (χ3n) is 6.99. The second-order valence-electron chi connectivity index (χ2n) is 9.81. The van der Waals surface area contributed by atoms with Crippen LogP contribution in [0, 0.1) is 13.8 Å². The summed E-state index contributed by atoms with van der Waals surface area (Å²) in [7, 11) is 0. The van der Waals surface area contributed by atoms with E-state index in [1.165, 1.54) is 17.4 Å². The van der Waals surface area contributed by atoms with Gasteiger partial charge in [-0.25, -0.2) is 0 Å². The number of rotatable bonds is 8. The average Bonchev–Trinajstić information content (AvgIpc) is 3.37. The molecule has 5 rings (SSSR count). The van der Waals surface area contributed by atoms with Gasteiger partial charge in [0.15, 0.2) is 0 Å². The zero-order valence-corrected chi connectivity index (χ0v) is 22.8. The number of carbonyl (C=O) groups is 1. The predicted octanol–water partition coefficient (Wildman–Crippen LogP) is 8.43. The van der Waals surface area contributed by atoms with Crippen molar-refractivity contribution in [2.75, 3.05) is 5.32 Å². The van der Waals surface area contributed by atoms with Crippen molar-refractivity contribution in [3.8, 4) is 10.4 Å². The molecule has 204 valence electrons. The van der Waals surface area contributed by atoms with Gasteiger partial charge in [0.2, 0.25) is 0 Å². The number of hydrogen-bond donors (Lipinski definition) is 2. The van der Waals surface area contributed by atoms with Crippen LogP contribution in [0.4, 0.5) is 18.9 Å². The number of fused-ring (bicyclic) bond motifs is 1. The second kappa shape index (κ2) is 11.1. The number of aliphatic carboxylic acids is 1. The molecule has 40 heavy (non-hydrogen) atoms. The zero-order chi connectivity index (χ0) is 28.4. The largest absolute Gasteiger partial charge is 0.481 e. The fourth-order valence-electron chi connectivity index (χ4n) is 5.02. The molecule has 0 atom stereocenters. The van der Waals surface area contributed by atoms with Crippen LogP contribution >= 0.6 is 11.3 Å². The van der Waals surface area contributed by atoms with E-state index >= 15 is 0 Å². The van der Waals surface area contributed by atoms with Crippen molar-refractivity contribution in [1.29, 1.82) is 0 Å². The van der Waals surface area contributed by atoms with Gasteiger partial charge in [-0.15, -0.1) is 11.3 Å². The highest BCUT2D eigenvalue weighted by Crippen LogP contribution is 2.42. The molecule has 0 spiro atoms. The summed E-state index contributed by atoms with van der Waals surface area (Å²) >= 11 is 1.49. The summed E-state index contributed by atoms with van der Waals surface area (Å²) in [6, 6.07) is 19.9. The van der Waals surface area contributed by atoms with Crippen LogP contribution in [0.3, 0.4) is 0 Å². The van der Waals surface area contributed by atoms with Crippen LogP contribution in [-0.4, -0.2) is 16.1 Å². The number of carboxylic acid groups (broad SMARTS) is 1. The van der Waals surface area contributed by atoms with E-state index in [2.05, 4.69) is 10.3 Å². The Bertz CT molecular complexity index is 1690. The van der Waals surface area contributed by atoms with E-state index in [9.17, 15) is 23.1 Å². The molecule has 0 radical (unpaired) electrons. The van der Waals surface area contributed by atoms with E-state index in [0.29, 0.717) is 18.4 Å². The lowest BCUT2D eigenvalue weighted by Gasteiger charge is -2.17. The van der Waals surface area contributed by atoms with E-state index in [4.69, 9.17) is 0 Å². The average molecular weight is 561 g/mol. The molecule has 2 heterocycles. The molecule has 0 aliphatic rings. The van der Waals surface area contributed by atoms with Crippen molar-refractivity contribution >= 4 is 33.9 Å². The standard InChI is InChI=1S/C32H27F3N2O2S/c1-19-14-27(20(2)13-23(19)16-28(38)39)36-17-22-11-12-40-31(22)29-24(15-21-7-4-3-5-8-21)18-37-30-25(29)9-6-10-26(30)32(33,34)35/h3-14,18,36H,15-17H2,1-2H3,(H,38,39). The van der Waals surface area contributed by atoms with Crippen LogP contribution in [0.2, 0.25) is 0 Å². The number of pyridine rings is 1. The monoisotopic (exact) mass is 560 g/mol. The molecule has 3 aromatic carbocycles. The molecule has 0 bridgehead atoms. The summed E-state index contributed by atoms with van der Waals surface area (Å²) in [5.41, 5.74) is 6.25. The van der Waals surface area contributed by atoms with E-state index < -0.39 is 17.7 Å². The number of carboxylic acids is 1. The minimum Gasteiger partial charge on any atom is -0.481 e. The van der Waals surface area contributed by atoms with Crippen molar-refractivity contribution in [3.63, 3.8) is 0 Å². The van der Waals surface area contributed by atoms with Crippen molar-refractivity contribution < 1.29 is 23.1 Å². The maximum Gasteiger partial charge on any atom is 0.418 e. The Morgan fingerprint density at radius 2 is 1.73 bits per heavy atom. The topological polar surface area (TPSA) is 62.2 Å². The molecule has 2 N–H and O–H groups in total. The van der Waals surface area contributed by atoms with Crippen LogP contribution in [0.25, 0.3) is 21.3 Å². The number of nitrogens with one attached hydrogen (secondary N) is 1. The Morgan fingerprint density at radius 3 is 2.45 bits per heavy atom. The number of aromatic nitrogens is 1. The van der Waals surface area contributed by atoms with E-state index in [0.717, 1.165) is 55.6 Å². The van der Waals surface area contributed by atoms with E-state index in [-0.39, 0.29) is 11.9 Å². The zero-order valence-electron chi connectivity index (χ0n) is 22.0. The Morgan fingerprint density at radius 1 is 0.950 bits per heavy atom. The maximum absolute atomic E-state index is 13.9. The number of alkyl halides is 3. The minimum absolute atomic E-state index is 0.0408. The second-order valence-corrected chi connectivity index (χ2v) is 10.7.